The number of nitrogens with zero attached hydrogens (tertiary/aromatic N) is 1. The van der Waals surface area contributed by atoms with E-state index in [-0.39, 0.29) is 10.9 Å². The maximum atomic E-state index is 13.5. The summed E-state index contributed by atoms with van der Waals surface area (Å²) in [6.45, 7) is 0. The zero-order chi connectivity index (χ0) is 20.7. The van der Waals surface area contributed by atoms with Crippen LogP contribution in [0.25, 0.3) is 38.1 Å². The van der Waals surface area contributed by atoms with E-state index in [0.717, 1.165) is 33.7 Å². The van der Waals surface area contributed by atoms with Crippen molar-refractivity contribution in [2.75, 3.05) is 0 Å². The smallest absolute Gasteiger partial charge is 0.197 e. The predicted octanol–water partition coefficient (Wildman–Crippen LogP) is 5.25. The van der Waals surface area contributed by atoms with Crippen LogP contribution in [0.2, 0.25) is 0 Å². The molecule has 31 heavy (non-hydrogen) atoms. The van der Waals surface area contributed by atoms with Crippen molar-refractivity contribution in [3.05, 3.63) is 110 Å². The Hall–Kier alpha value is -4.18. The summed E-state index contributed by atoms with van der Waals surface area (Å²) in [5, 5.41) is 2.40. The van der Waals surface area contributed by atoms with Crippen molar-refractivity contribution in [3.63, 3.8) is 0 Å². The number of benzene rings is 4. The minimum Gasteiger partial charge on any atom is -0.457 e. The molecule has 0 fully saturated rings. The van der Waals surface area contributed by atoms with Gasteiger partial charge in [0.1, 0.15) is 11.5 Å². The van der Waals surface area contributed by atoms with Crippen LogP contribution in [0.5, 0.6) is 11.5 Å². The van der Waals surface area contributed by atoms with Gasteiger partial charge >= 0.3 is 0 Å². The fraction of sp³-hybridized carbons (Fsp3) is 0.0370. The van der Waals surface area contributed by atoms with E-state index in [1.807, 2.05) is 66.7 Å². The lowest BCUT2D eigenvalue weighted by Gasteiger charge is -2.23. The highest BCUT2D eigenvalue weighted by molar-refractivity contribution is 6.08. The van der Waals surface area contributed by atoms with E-state index in [4.69, 9.17) is 4.74 Å². The number of hydrogen-bond donors (Lipinski definition) is 0. The summed E-state index contributed by atoms with van der Waals surface area (Å²) in [6.07, 6.45) is 0.659. The van der Waals surface area contributed by atoms with Crippen molar-refractivity contribution in [3.8, 4) is 11.5 Å². The van der Waals surface area contributed by atoms with Crippen molar-refractivity contribution >= 4 is 38.1 Å². The Balaban J connectivity index is 1.80. The molecular formula is C27H15NO3. The summed E-state index contributed by atoms with van der Waals surface area (Å²) in [5.41, 5.74) is 4.23. The van der Waals surface area contributed by atoms with E-state index in [9.17, 15) is 9.59 Å². The highest BCUT2D eigenvalue weighted by Crippen LogP contribution is 2.40. The third-order valence-corrected chi connectivity index (χ3v) is 6.41. The monoisotopic (exact) mass is 401 g/mol. The maximum absolute atomic E-state index is 13.5. The molecule has 0 N–H and O–H groups in total. The SMILES string of the molecule is O=c1c2ccccc2n2c3c4c(ccc3c(=O)c3cccc1c32)Oc1ccccc1C4. The zero-order valence-corrected chi connectivity index (χ0v) is 16.4. The highest BCUT2D eigenvalue weighted by Gasteiger charge is 2.24. The fourth-order valence-corrected chi connectivity index (χ4v) is 5.04. The summed E-state index contributed by atoms with van der Waals surface area (Å²) in [6, 6.07) is 24.7. The molecule has 4 aromatic carbocycles. The van der Waals surface area contributed by atoms with E-state index in [0.29, 0.717) is 33.5 Å². The molecule has 146 valence electrons. The Labute approximate surface area is 175 Å². The largest absolute Gasteiger partial charge is 0.457 e. The molecule has 0 spiro atoms. The van der Waals surface area contributed by atoms with Gasteiger partial charge in [-0.2, -0.15) is 0 Å². The van der Waals surface area contributed by atoms with Crippen LogP contribution in [0.4, 0.5) is 0 Å². The standard InChI is InChI=1S/C27H15NO3/c29-26-16-7-2-3-10-21(16)28-24-17(26)8-5-9-18(24)27(30)19-12-13-23-20(25(19)28)14-15-6-1-4-11-22(15)31-23/h1-13H,14H2. The number of fused-ring (bicyclic) bond motifs is 7. The lowest BCUT2D eigenvalue weighted by molar-refractivity contribution is 0.461. The van der Waals surface area contributed by atoms with Crippen molar-refractivity contribution in [2.45, 2.75) is 6.42 Å². The molecular weight excluding hydrogens is 386 g/mol. The molecule has 6 aromatic rings. The molecule has 0 saturated heterocycles. The average Bonchev–Trinajstić information content (AvgIpc) is 2.82. The first-order valence-electron chi connectivity index (χ1n) is 10.3. The van der Waals surface area contributed by atoms with Crippen molar-refractivity contribution < 1.29 is 4.74 Å². The Morgan fingerprint density at radius 3 is 2.16 bits per heavy atom. The van der Waals surface area contributed by atoms with Crippen LogP contribution >= 0.6 is 0 Å². The molecule has 0 atom stereocenters. The van der Waals surface area contributed by atoms with Crippen LogP contribution in [0.1, 0.15) is 11.1 Å². The van der Waals surface area contributed by atoms with Crippen LogP contribution in [0.3, 0.4) is 0 Å². The number of hydrogen-bond acceptors (Lipinski definition) is 3. The van der Waals surface area contributed by atoms with Gasteiger partial charge in [0.15, 0.2) is 10.9 Å². The fourth-order valence-electron chi connectivity index (χ4n) is 5.04. The molecule has 0 aliphatic carbocycles. The molecule has 0 saturated carbocycles. The number of ether oxygens (including phenoxy) is 1. The number of aromatic nitrogens is 1. The van der Waals surface area contributed by atoms with Gasteiger partial charge in [-0.3, -0.25) is 9.59 Å². The molecule has 3 heterocycles. The van der Waals surface area contributed by atoms with Gasteiger partial charge in [-0.25, -0.2) is 0 Å². The molecule has 0 amide bonds. The van der Waals surface area contributed by atoms with Gasteiger partial charge in [0.05, 0.1) is 16.6 Å². The molecule has 4 heteroatoms. The van der Waals surface area contributed by atoms with Gasteiger partial charge in [0.2, 0.25) is 0 Å². The van der Waals surface area contributed by atoms with E-state index < -0.39 is 0 Å². The van der Waals surface area contributed by atoms with E-state index in [2.05, 4.69) is 10.5 Å². The van der Waals surface area contributed by atoms with Crippen molar-refractivity contribution in [1.29, 1.82) is 0 Å². The minimum absolute atomic E-state index is 0.0497. The van der Waals surface area contributed by atoms with E-state index >= 15 is 0 Å². The van der Waals surface area contributed by atoms with Gasteiger partial charge in [-0.15, -0.1) is 0 Å². The van der Waals surface area contributed by atoms with Gasteiger partial charge in [-0.05, 0) is 48.0 Å². The van der Waals surface area contributed by atoms with Gasteiger partial charge in [0, 0.05) is 33.5 Å². The summed E-state index contributed by atoms with van der Waals surface area (Å²) >= 11 is 0. The Morgan fingerprint density at radius 2 is 1.29 bits per heavy atom. The number of para-hydroxylation sites is 3. The minimum atomic E-state index is -0.0584. The van der Waals surface area contributed by atoms with Crippen molar-refractivity contribution in [2.24, 2.45) is 0 Å². The highest BCUT2D eigenvalue weighted by atomic mass is 16.5. The number of rotatable bonds is 0. The molecule has 1 aliphatic rings. The second-order valence-electron chi connectivity index (χ2n) is 8.04. The Morgan fingerprint density at radius 1 is 0.613 bits per heavy atom. The van der Waals surface area contributed by atoms with Crippen LogP contribution in [-0.4, -0.2) is 4.40 Å². The maximum Gasteiger partial charge on any atom is 0.197 e. The van der Waals surface area contributed by atoms with Crippen LogP contribution in [0, 0.1) is 0 Å². The molecule has 4 nitrogen and oxygen atoms in total. The Kier molecular flexibility index (Phi) is 3.05. The predicted molar refractivity (Wildman–Crippen MR) is 123 cm³/mol. The summed E-state index contributed by atoms with van der Waals surface area (Å²) in [4.78, 5) is 26.8. The van der Waals surface area contributed by atoms with Gasteiger partial charge in [-0.1, -0.05) is 36.4 Å². The number of pyridine rings is 2. The van der Waals surface area contributed by atoms with Crippen LogP contribution in [0.15, 0.2) is 88.5 Å². The molecule has 0 unspecified atom stereocenters. The molecule has 2 aromatic heterocycles. The molecule has 7 rings (SSSR count). The third kappa shape index (κ3) is 2.04. The average molecular weight is 401 g/mol. The second-order valence-corrected chi connectivity index (χ2v) is 8.04. The lowest BCUT2D eigenvalue weighted by Crippen LogP contribution is -2.16. The van der Waals surface area contributed by atoms with Crippen LogP contribution < -0.4 is 15.6 Å². The van der Waals surface area contributed by atoms with Crippen LogP contribution in [-0.2, 0) is 6.42 Å². The first-order valence-corrected chi connectivity index (χ1v) is 10.3. The van der Waals surface area contributed by atoms with Gasteiger partial charge in [0.25, 0.3) is 0 Å². The first kappa shape index (κ1) is 16.6. The summed E-state index contributed by atoms with van der Waals surface area (Å²) < 4.78 is 8.30. The second kappa shape index (κ2) is 5.70. The summed E-state index contributed by atoms with van der Waals surface area (Å²) in [7, 11) is 0. The zero-order valence-electron chi connectivity index (χ0n) is 16.4. The van der Waals surface area contributed by atoms with E-state index in [1.54, 1.807) is 6.07 Å². The quantitative estimate of drug-likeness (QED) is 0.257. The normalized spacial score (nSPS) is 12.9. The Bertz CT molecular complexity index is 1820. The summed E-state index contributed by atoms with van der Waals surface area (Å²) in [5.74, 6) is 1.59. The molecule has 0 radical (unpaired) electrons. The topological polar surface area (TPSA) is 47.8 Å². The van der Waals surface area contributed by atoms with Crippen molar-refractivity contribution in [1.82, 2.24) is 4.40 Å². The first-order chi connectivity index (χ1) is 15.2. The molecule has 1 aliphatic heterocycles. The van der Waals surface area contributed by atoms with E-state index in [1.165, 1.54) is 0 Å². The lowest BCUT2D eigenvalue weighted by atomic mass is 9.95. The van der Waals surface area contributed by atoms with Gasteiger partial charge < -0.3 is 9.14 Å². The molecule has 0 bridgehead atoms. The third-order valence-electron chi connectivity index (χ3n) is 6.41.